The van der Waals surface area contributed by atoms with Crippen LogP contribution in [0.2, 0.25) is 0 Å². The van der Waals surface area contributed by atoms with E-state index in [1.807, 2.05) is 13.8 Å². The lowest BCUT2D eigenvalue weighted by molar-refractivity contribution is -0.139. The molecular weight excluding hydrogens is 248 g/mol. The van der Waals surface area contributed by atoms with E-state index in [0.29, 0.717) is 12.1 Å². The van der Waals surface area contributed by atoms with Gasteiger partial charge in [-0.2, -0.15) is 5.10 Å². The second-order valence-electron chi connectivity index (χ2n) is 4.65. The predicted molar refractivity (Wildman–Crippen MR) is 71.2 cm³/mol. The van der Waals surface area contributed by atoms with Gasteiger partial charge in [-0.05, 0) is 12.3 Å². The van der Waals surface area contributed by atoms with Crippen LogP contribution in [0.4, 0.5) is 10.5 Å². The fourth-order valence-electron chi connectivity index (χ4n) is 1.68. The SMILES string of the molecule is CC[C@H](NC(=O)Nc1cn(C)nc1C(C)C)C(=O)O. The summed E-state index contributed by atoms with van der Waals surface area (Å²) in [6, 6.07) is -1.43. The lowest BCUT2D eigenvalue weighted by Crippen LogP contribution is -2.42. The molecule has 19 heavy (non-hydrogen) atoms. The van der Waals surface area contributed by atoms with Gasteiger partial charge in [-0.25, -0.2) is 9.59 Å². The summed E-state index contributed by atoms with van der Waals surface area (Å²) in [6.07, 6.45) is 2.02. The summed E-state index contributed by atoms with van der Waals surface area (Å²) in [5, 5.41) is 18.2. The first-order valence-corrected chi connectivity index (χ1v) is 6.19. The minimum Gasteiger partial charge on any atom is -0.480 e. The van der Waals surface area contributed by atoms with E-state index in [9.17, 15) is 9.59 Å². The number of aryl methyl sites for hydroxylation is 1. The van der Waals surface area contributed by atoms with Crippen LogP contribution in [0.25, 0.3) is 0 Å². The van der Waals surface area contributed by atoms with Crippen molar-refractivity contribution >= 4 is 17.7 Å². The summed E-state index contributed by atoms with van der Waals surface area (Å²) in [4.78, 5) is 22.6. The molecule has 7 nitrogen and oxygen atoms in total. The van der Waals surface area contributed by atoms with Gasteiger partial charge in [0.2, 0.25) is 0 Å². The number of carboxylic acids is 1. The Morgan fingerprint density at radius 3 is 2.58 bits per heavy atom. The summed E-state index contributed by atoms with van der Waals surface area (Å²) in [7, 11) is 1.76. The largest absolute Gasteiger partial charge is 0.480 e. The molecule has 0 aliphatic rings. The van der Waals surface area contributed by atoms with Gasteiger partial charge < -0.3 is 15.7 Å². The molecule has 3 N–H and O–H groups in total. The number of amides is 2. The van der Waals surface area contributed by atoms with E-state index in [1.54, 1.807) is 24.9 Å². The second-order valence-corrected chi connectivity index (χ2v) is 4.65. The molecule has 2 amide bonds. The van der Waals surface area contributed by atoms with Crippen molar-refractivity contribution in [2.45, 2.75) is 39.2 Å². The highest BCUT2D eigenvalue weighted by molar-refractivity contribution is 5.92. The van der Waals surface area contributed by atoms with Gasteiger partial charge in [0.05, 0.1) is 11.4 Å². The Kier molecular flexibility index (Phi) is 4.91. The van der Waals surface area contributed by atoms with E-state index >= 15 is 0 Å². The summed E-state index contributed by atoms with van der Waals surface area (Å²) in [6.45, 7) is 5.64. The number of carboxylic acid groups (broad SMARTS) is 1. The molecule has 0 aliphatic heterocycles. The predicted octanol–water partition coefficient (Wildman–Crippen LogP) is 1.53. The van der Waals surface area contributed by atoms with Crippen molar-refractivity contribution in [3.8, 4) is 0 Å². The number of rotatable bonds is 5. The molecule has 7 heteroatoms. The van der Waals surface area contributed by atoms with Gasteiger partial charge in [0.15, 0.2) is 0 Å². The highest BCUT2D eigenvalue weighted by atomic mass is 16.4. The second kappa shape index (κ2) is 6.21. The number of hydrogen-bond acceptors (Lipinski definition) is 3. The maximum absolute atomic E-state index is 11.7. The Hall–Kier alpha value is -2.05. The topological polar surface area (TPSA) is 96.3 Å². The van der Waals surface area contributed by atoms with Crippen LogP contribution < -0.4 is 10.6 Å². The summed E-state index contributed by atoms with van der Waals surface area (Å²) in [5.41, 5.74) is 1.36. The Morgan fingerprint density at radius 1 is 1.47 bits per heavy atom. The van der Waals surface area contributed by atoms with E-state index in [0.717, 1.165) is 5.69 Å². The zero-order valence-corrected chi connectivity index (χ0v) is 11.6. The van der Waals surface area contributed by atoms with E-state index in [2.05, 4.69) is 15.7 Å². The fraction of sp³-hybridized carbons (Fsp3) is 0.583. The average molecular weight is 268 g/mol. The van der Waals surface area contributed by atoms with Crippen molar-refractivity contribution in [2.24, 2.45) is 7.05 Å². The van der Waals surface area contributed by atoms with Gasteiger partial charge in [0, 0.05) is 13.2 Å². The van der Waals surface area contributed by atoms with Gasteiger partial charge >= 0.3 is 12.0 Å². The Bertz CT molecular complexity index is 468. The molecule has 0 bridgehead atoms. The van der Waals surface area contributed by atoms with Gasteiger partial charge in [0.25, 0.3) is 0 Å². The fourth-order valence-corrected chi connectivity index (χ4v) is 1.68. The molecule has 1 aromatic rings. The van der Waals surface area contributed by atoms with Crippen molar-refractivity contribution in [3.63, 3.8) is 0 Å². The highest BCUT2D eigenvalue weighted by Crippen LogP contribution is 2.21. The zero-order valence-electron chi connectivity index (χ0n) is 11.6. The normalized spacial score (nSPS) is 12.3. The maximum atomic E-state index is 11.7. The molecule has 0 aromatic carbocycles. The smallest absolute Gasteiger partial charge is 0.326 e. The van der Waals surface area contributed by atoms with Crippen molar-refractivity contribution in [1.82, 2.24) is 15.1 Å². The Morgan fingerprint density at radius 2 is 2.11 bits per heavy atom. The molecule has 0 saturated carbocycles. The van der Waals surface area contributed by atoms with Crippen molar-refractivity contribution in [3.05, 3.63) is 11.9 Å². The van der Waals surface area contributed by atoms with Crippen LogP contribution in [-0.4, -0.2) is 32.9 Å². The van der Waals surface area contributed by atoms with E-state index in [1.165, 1.54) is 0 Å². The van der Waals surface area contributed by atoms with Gasteiger partial charge in [-0.3, -0.25) is 4.68 Å². The lowest BCUT2D eigenvalue weighted by Gasteiger charge is -2.13. The number of anilines is 1. The number of carbonyl (C=O) groups is 2. The van der Waals surface area contributed by atoms with Crippen LogP contribution >= 0.6 is 0 Å². The maximum Gasteiger partial charge on any atom is 0.326 e. The van der Waals surface area contributed by atoms with Crippen LogP contribution in [0.5, 0.6) is 0 Å². The summed E-state index contributed by atoms with van der Waals surface area (Å²) < 4.78 is 1.61. The first-order chi connectivity index (χ1) is 8.85. The number of urea groups is 1. The van der Waals surface area contributed by atoms with E-state index in [-0.39, 0.29) is 5.92 Å². The number of nitrogens with one attached hydrogen (secondary N) is 2. The van der Waals surface area contributed by atoms with Crippen LogP contribution in [-0.2, 0) is 11.8 Å². The molecule has 1 heterocycles. The lowest BCUT2D eigenvalue weighted by atomic mass is 10.1. The molecule has 0 aliphatic carbocycles. The highest BCUT2D eigenvalue weighted by Gasteiger charge is 2.19. The van der Waals surface area contributed by atoms with Crippen molar-refractivity contribution < 1.29 is 14.7 Å². The minimum atomic E-state index is -1.05. The van der Waals surface area contributed by atoms with Gasteiger partial charge in [0.1, 0.15) is 6.04 Å². The third-order valence-corrected chi connectivity index (χ3v) is 2.66. The molecule has 0 unspecified atom stereocenters. The molecule has 0 saturated heterocycles. The van der Waals surface area contributed by atoms with Gasteiger partial charge in [-0.1, -0.05) is 20.8 Å². The van der Waals surface area contributed by atoms with Crippen LogP contribution in [0.3, 0.4) is 0 Å². The van der Waals surface area contributed by atoms with E-state index in [4.69, 9.17) is 5.11 Å². The zero-order chi connectivity index (χ0) is 14.6. The summed E-state index contributed by atoms with van der Waals surface area (Å²) >= 11 is 0. The van der Waals surface area contributed by atoms with Crippen LogP contribution in [0, 0.1) is 0 Å². The number of nitrogens with zero attached hydrogens (tertiary/aromatic N) is 2. The monoisotopic (exact) mass is 268 g/mol. The number of carbonyl (C=O) groups excluding carboxylic acids is 1. The standard InChI is InChI=1S/C12H20N4O3/c1-5-8(11(17)18)13-12(19)14-9-6-16(4)15-10(9)7(2)3/h6-8H,5H2,1-4H3,(H,17,18)(H2,13,14,19)/t8-/m0/s1. The third kappa shape index (κ3) is 3.97. The van der Waals surface area contributed by atoms with Crippen LogP contribution in [0.1, 0.15) is 38.8 Å². The molecular formula is C12H20N4O3. The Labute approximate surface area is 112 Å². The molecule has 0 fully saturated rings. The molecule has 1 aromatic heterocycles. The molecule has 1 atom stereocenters. The van der Waals surface area contributed by atoms with Crippen molar-refractivity contribution in [2.75, 3.05) is 5.32 Å². The van der Waals surface area contributed by atoms with Crippen molar-refractivity contribution in [1.29, 1.82) is 0 Å². The first kappa shape index (κ1) is 15.0. The minimum absolute atomic E-state index is 0.165. The summed E-state index contributed by atoms with van der Waals surface area (Å²) in [5.74, 6) is -0.883. The third-order valence-electron chi connectivity index (χ3n) is 2.66. The molecule has 1 rings (SSSR count). The van der Waals surface area contributed by atoms with Gasteiger partial charge in [-0.15, -0.1) is 0 Å². The van der Waals surface area contributed by atoms with E-state index < -0.39 is 18.0 Å². The molecule has 0 spiro atoms. The molecule has 106 valence electrons. The number of aliphatic carboxylic acids is 1. The Balaban J connectivity index is 2.74. The first-order valence-electron chi connectivity index (χ1n) is 6.19. The quantitative estimate of drug-likeness (QED) is 0.754. The average Bonchev–Trinajstić information content (AvgIpc) is 2.66. The number of aromatic nitrogens is 2. The number of hydrogen-bond donors (Lipinski definition) is 3. The molecule has 0 radical (unpaired) electrons. The van der Waals surface area contributed by atoms with Crippen LogP contribution in [0.15, 0.2) is 6.20 Å².